The van der Waals surface area contributed by atoms with Gasteiger partial charge in [0.25, 0.3) is 5.79 Å². The van der Waals surface area contributed by atoms with Crippen molar-refractivity contribution in [2.75, 3.05) is 6.61 Å². The summed E-state index contributed by atoms with van der Waals surface area (Å²) in [5.74, 6) is -0.861. The maximum Gasteiger partial charge on any atom is 0.263 e. The highest BCUT2D eigenvalue weighted by Gasteiger charge is 2.39. The van der Waals surface area contributed by atoms with E-state index < -0.39 is 11.3 Å². The molecule has 2 aromatic heterocycles. The molecule has 1 aliphatic rings. The molecule has 1 fully saturated rings. The first-order chi connectivity index (χ1) is 11.3. The Bertz CT molecular complexity index is 687. The van der Waals surface area contributed by atoms with Gasteiger partial charge in [-0.05, 0) is 54.5 Å². The van der Waals surface area contributed by atoms with E-state index in [2.05, 4.69) is 31.1 Å². The minimum absolute atomic E-state index is 0.194. The van der Waals surface area contributed by atoms with Crippen LogP contribution in [0.15, 0.2) is 0 Å². The lowest BCUT2D eigenvalue weighted by Crippen LogP contribution is -2.37. The summed E-state index contributed by atoms with van der Waals surface area (Å²) in [4.78, 5) is 0. The van der Waals surface area contributed by atoms with Gasteiger partial charge in [-0.2, -0.15) is 5.11 Å². The molecule has 131 valence electrons. The second kappa shape index (κ2) is 6.17. The molecule has 1 saturated carbocycles. The van der Waals surface area contributed by atoms with Crippen LogP contribution in [0.3, 0.4) is 0 Å². The van der Waals surface area contributed by atoms with Crippen molar-refractivity contribution in [3.63, 3.8) is 0 Å². The molecule has 2 aromatic rings. The van der Waals surface area contributed by atoms with Crippen molar-refractivity contribution in [1.29, 1.82) is 0 Å². The van der Waals surface area contributed by atoms with Gasteiger partial charge in [0.15, 0.2) is 5.82 Å². The molecule has 0 bridgehead atoms. The standard InChI is InChI=1S/C14H23N8O2/c1-5-14(23,12-16-18-20-22(12)13(2,3)4)24-9-8-11-15-17-19-21(11)10-6-7-10/h10H,5-9H2,1-4H3. The summed E-state index contributed by atoms with van der Waals surface area (Å²) < 4.78 is 9.01. The molecule has 10 heteroatoms. The van der Waals surface area contributed by atoms with Gasteiger partial charge in [-0.3, -0.25) is 0 Å². The van der Waals surface area contributed by atoms with Gasteiger partial charge in [-0.15, -0.1) is 10.2 Å². The summed E-state index contributed by atoms with van der Waals surface area (Å²) in [6.45, 7) is 7.79. The van der Waals surface area contributed by atoms with E-state index in [4.69, 9.17) is 4.74 Å². The zero-order valence-corrected chi connectivity index (χ0v) is 14.5. The van der Waals surface area contributed by atoms with Crippen LogP contribution < -0.4 is 0 Å². The van der Waals surface area contributed by atoms with E-state index in [1.54, 1.807) is 6.92 Å². The second-order valence-corrected chi connectivity index (χ2v) is 7.06. The molecule has 0 N–H and O–H groups in total. The van der Waals surface area contributed by atoms with Gasteiger partial charge in [0, 0.05) is 12.8 Å². The first kappa shape index (κ1) is 16.9. The first-order valence-electron chi connectivity index (χ1n) is 8.25. The topological polar surface area (TPSA) is 116 Å². The molecule has 0 aromatic carbocycles. The lowest BCUT2D eigenvalue weighted by atomic mass is 10.1. The fourth-order valence-electron chi connectivity index (χ4n) is 2.49. The molecular weight excluding hydrogens is 312 g/mol. The minimum atomic E-state index is -1.80. The molecule has 24 heavy (non-hydrogen) atoms. The maximum atomic E-state index is 13.1. The van der Waals surface area contributed by atoms with E-state index >= 15 is 0 Å². The van der Waals surface area contributed by atoms with Crippen LogP contribution in [0.1, 0.15) is 64.6 Å². The van der Waals surface area contributed by atoms with Crippen molar-refractivity contribution < 1.29 is 9.84 Å². The Hall–Kier alpha value is -1.94. The van der Waals surface area contributed by atoms with Gasteiger partial charge < -0.3 is 4.74 Å². The normalized spacial score (nSPS) is 17.9. The third-order valence-electron chi connectivity index (χ3n) is 4.03. The highest BCUT2D eigenvalue weighted by atomic mass is 16.6. The van der Waals surface area contributed by atoms with Crippen molar-refractivity contribution in [2.24, 2.45) is 0 Å². The molecular formula is C14H23N8O2. The van der Waals surface area contributed by atoms with Crippen LogP contribution >= 0.6 is 0 Å². The second-order valence-electron chi connectivity index (χ2n) is 7.06. The van der Waals surface area contributed by atoms with Crippen LogP contribution in [0.25, 0.3) is 0 Å². The largest absolute Gasteiger partial charge is 0.341 e. The van der Waals surface area contributed by atoms with Gasteiger partial charge in [-0.1, -0.05) is 6.92 Å². The average Bonchev–Trinajstić information content (AvgIpc) is 3.05. The summed E-state index contributed by atoms with van der Waals surface area (Å²) in [6, 6.07) is 0.395. The van der Waals surface area contributed by atoms with Crippen LogP contribution in [-0.4, -0.2) is 47.0 Å². The number of ether oxygens (including phenoxy) is 1. The van der Waals surface area contributed by atoms with Gasteiger partial charge >= 0.3 is 0 Å². The third-order valence-corrected chi connectivity index (χ3v) is 4.03. The van der Waals surface area contributed by atoms with Gasteiger partial charge in [0.2, 0.25) is 5.82 Å². The van der Waals surface area contributed by atoms with Gasteiger partial charge in [0.05, 0.1) is 18.2 Å². The monoisotopic (exact) mass is 335 g/mol. The molecule has 2 heterocycles. The summed E-state index contributed by atoms with van der Waals surface area (Å²) in [7, 11) is 0. The molecule has 10 nitrogen and oxygen atoms in total. The van der Waals surface area contributed by atoms with E-state index in [0.717, 1.165) is 18.7 Å². The predicted molar refractivity (Wildman–Crippen MR) is 81.2 cm³/mol. The Morgan fingerprint density at radius 1 is 1.17 bits per heavy atom. The molecule has 0 saturated heterocycles. The highest BCUT2D eigenvalue weighted by Crippen LogP contribution is 2.34. The third kappa shape index (κ3) is 3.29. The molecule has 1 aliphatic carbocycles. The molecule has 0 amide bonds. The number of hydrogen-bond acceptors (Lipinski definition) is 7. The van der Waals surface area contributed by atoms with Crippen molar-refractivity contribution >= 4 is 0 Å². The van der Waals surface area contributed by atoms with Crippen molar-refractivity contribution in [1.82, 2.24) is 40.4 Å². The summed E-state index contributed by atoms with van der Waals surface area (Å²) in [6.07, 6.45) is 2.89. The minimum Gasteiger partial charge on any atom is -0.341 e. The van der Waals surface area contributed by atoms with Crippen LogP contribution in [0.4, 0.5) is 0 Å². The molecule has 1 unspecified atom stereocenters. The number of nitrogens with zero attached hydrogens (tertiary/aromatic N) is 8. The Morgan fingerprint density at radius 2 is 1.88 bits per heavy atom. The number of hydrogen-bond donors (Lipinski definition) is 0. The summed E-state index contributed by atoms with van der Waals surface area (Å²) >= 11 is 0. The van der Waals surface area contributed by atoms with Gasteiger partial charge in [-0.25, -0.2) is 9.36 Å². The zero-order chi connectivity index (χ0) is 17.4. The van der Waals surface area contributed by atoms with Crippen molar-refractivity contribution in [2.45, 2.75) is 70.7 Å². The quantitative estimate of drug-likeness (QED) is 0.693. The average molecular weight is 335 g/mol. The predicted octanol–water partition coefficient (Wildman–Crippen LogP) is 1.00. The van der Waals surface area contributed by atoms with E-state index in [1.165, 1.54) is 4.68 Å². The first-order valence-corrected chi connectivity index (χ1v) is 8.25. The Balaban J connectivity index is 1.69. The fourth-order valence-corrected chi connectivity index (χ4v) is 2.49. The zero-order valence-electron chi connectivity index (χ0n) is 14.5. The molecule has 0 spiro atoms. The maximum absolute atomic E-state index is 13.1. The summed E-state index contributed by atoms with van der Waals surface area (Å²) in [5.41, 5.74) is -0.400. The smallest absolute Gasteiger partial charge is 0.263 e. The number of tetrazole rings is 2. The van der Waals surface area contributed by atoms with E-state index in [9.17, 15) is 5.11 Å². The molecule has 3 rings (SSSR count). The summed E-state index contributed by atoms with van der Waals surface area (Å²) in [5, 5.41) is 36.3. The van der Waals surface area contributed by atoms with E-state index in [1.807, 2.05) is 25.5 Å². The van der Waals surface area contributed by atoms with Crippen molar-refractivity contribution in [3.05, 3.63) is 11.6 Å². The molecule has 1 radical (unpaired) electrons. The van der Waals surface area contributed by atoms with Crippen LogP contribution in [0.5, 0.6) is 0 Å². The SMILES string of the molecule is CCC([O])(OCCc1nnnn1C1CC1)c1nnnn1C(C)(C)C. The molecule has 0 aliphatic heterocycles. The lowest BCUT2D eigenvalue weighted by molar-refractivity contribution is -0.260. The number of aromatic nitrogens is 8. The lowest BCUT2D eigenvalue weighted by Gasteiger charge is -2.27. The highest BCUT2D eigenvalue weighted by molar-refractivity contribution is 4.97. The Morgan fingerprint density at radius 3 is 2.50 bits per heavy atom. The fraction of sp³-hybridized carbons (Fsp3) is 0.857. The Labute approximate surface area is 140 Å². The van der Waals surface area contributed by atoms with Crippen LogP contribution in [0, 0.1) is 0 Å². The van der Waals surface area contributed by atoms with E-state index in [0.29, 0.717) is 12.5 Å². The number of rotatable bonds is 7. The van der Waals surface area contributed by atoms with Crippen molar-refractivity contribution in [3.8, 4) is 0 Å². The van der Waals surface area contributed by atoms with Gasteiger partial charge in [0.1, 0.15) is 0 Å². The van der Waals surface area contributed by atoms with Crippen LogP contribution in [-0.2, 0) is 27.6 Å². The molecule has 1 atom stereocenters. The van der Waals surface area contributed by atoms with E-state index in [-0.39, 0.29) is 18.9 Å². The Kier molecular flexibility index (Phi) is 4.35. The van der Waals surface area contributed by atoms with Crippen LogP contribution in [0.2, 0.25) is 0 Å².